The molecule has 23 heavy (non-hydrogen) atoms. The summed E-state index contributed by atoms with van der Waals surface area (Å²) in [6.07, 6.45) is 1.35. The minimum Gasteiger partial charge on any atom is -0.507 e. The fourth-order valence-corrected chi connectivity index (χ4v) is 2.45. The van der Waals surface area contributed by atoms with E-state index in [1.165, 1.54) is 12.3 Å². The molecule has 0 bridgehead atoms. The molecule has 3 aromatic rings. The summed E-state index contributed by atoms with van der Waals surface area (Å²) >= 11 is 5.86. The topological polar surface area (TPSA) is 61.7 Å². The van der Waals surface area contributed by atoms with Crippen molar-refractivity contribution < 1.29 is 9.90 Å². The quantitative estimate of drug-likeness (QED) is 0.566. The first-order valence-corrected chi connectivity index (χ1v) is 7.32. The molecule has 0 saturated heterocycles. The molecule has 2 N–H and O–H groups in total. The average molecular weight is 325 g/mol. The number of nitrogens with one attached hydrogen (secondary N) is 1. The third-order valence-corrected chi connectivity index (χ3v) is 3.63. The van der Waals surface area contributed by atoms with Gasteiger partial charge in [0.05, 0.1) is 6.21 Å². The molecule has 0 aliphatic rings. The number of hydrogen-bond donors (Lipinski definition) is 2. The number of aromatic hydroxyl groups is 1. The molecule has 0 radical (unpaired) electrons. The number of halogens is 1. The van der Waals surface area contributed by atoms with Gasteiger partial charge in [0.2, 0.25) is 0 Å². The molecule has 0 heterocycles. The molecule has 0 fully saturated rings. The number of nitrogens with zero attached hydrogens (tertiary/aromatic N) is 1. The van der Waals surface area contributed by atoms with Crippen LogP contribution in [0.3, 0.4) is 0 Å². The normalized spacial score (nSPS) is 11.0. The van der Waals surface area contributed by atoms with Crippen molar-refractivity contribution in [2.75, 3.05) is 0 Å². The van der Waals surface area contributed by atoms with E-state index >= 15 is 0 Å². The van der Waals surface area contributed by atoms with E-state index in [4.69, 9.17) is 11.6 Å². The number of carbonyl (C=O) groups is 1. The summed E-state index contributed by atoms with van der Waals surface area (Å²) in [4.78, 5) is 12.3. The highest BCUT2D eigenvalue weighted by molar-refractivity contribution is 6.30. The van der Waals surface area contributed by atoms with E-state index in [1.54, 1.807) is 18.2 Å². The molecular weight excluding hydrogens is 312 g/mol. The van der Waals surface area contributed by atoms with Crippen molar-refractivity contribution in [1.82, 2.24) is 5.43 Å². The van der Waals surface area contributed by atoms with Crippen LogP contribution in [0.4, 0.5) is 0 Å². The van der Waals surface area contributed by atoms with Gasteiger partial charge < -0.3 is 5.11 Å². The molecule has 0 spiro atoms. The van der Waals surface area contributed by atoms with E-state index in [2.05, 4.69) is 10.5 Å². The Balaban J connectivity index is 1.81. The Labute approximate surface area is 138 Å². The second-order valence-corrected chi connectivity index (χ2v) is 5.37. The fourth-order valence-electron chi connectivity index (χ4n) is 2.27. The van der Waals surface area contributed by atoms with E-state index in [0.717, 1.165) is 10.8 Å². The fraction of sp³-hybridized carbons (Fsp3) is 0. The van der Waals surface area contributed by atoms with Crippen molar-refractivity contribution in [2.45, 2.75) is 0 Å². The highest BCUT2D eigenvalue weighted by atomic mass is 35.5. The highest BCUT2D eigenvalue weighted by Gasteiger charge is 2.08. The Hall–Kier alpha value is -2.85. The zero-order valence-electron chi connectivity index (χ0n) is 12.0. The number of rotatable bonds is 3. The van der Waals surface area contributed by atoms with E-state index in [1.807, 2.05) is 36.4 Å². The molecule has 5 heteroatoms. The third-order valence-electron chi connectivity index (χ3n) is 3.39. The SMILES string of the molecule is O=C(N/N=C/c1cc(Cl)ccc1O)c1cccc2ccccc12. The summed E-state index contributed by atoms with van der Waals surface area (Å²) < 4.78 is 0. The number of phenols is 1. The average Bonchev–Trinajstić information content (AvgIpc) is 2.57. The molecule has 0 atom stereocenters. The molecular formula is C18H13ClN2O2. The van der Waals surface area contributed by atoms with Crippen molar-refractivity contribution in [3.05, 3.63) is 76.8 Å². The second kappa shape index (κ2) is 6.50. The van der Waals surface area contributed by atoms with Crippen LogP contribution >= 0.6 is 11.6 Å². The maximum atomic E-state index is 12.3. The first-order chi connectivity index (χ1) is 11.1. The maximum absolute atomic E-state index is 12.3. The Kier molecular flexibility index (Phi) is 4.26. The van der Waals surface area contributed by atoms with E-state index in [9.17, 15) is 9.90 Å². The van der Waals surface area contributed by atoms with Gasteiger partial charge in [-0.15, -0.1) is 0 Å². The first kappa shape index (κ1) is 15.1. The molecule has 0 unspecified atom stereocenters. The monoisotopic (exact) mass is 324 g/mol. The van der Waals surface area contributed by atoms with Crippen LogP contribution in [-0.4, -0.2) is 17.2 Å². The van der Waals surface area contributed by atoms with Crippen LogP contribution < -0.4 is 5.43 Å². The van der Waals surface area contributed by atoms with Gasteiger partial charge in [0, 0.05) is 16.1 Å². The summed E-state index contributed by atoms with van der Waals surface area (Å²) in [5, 5.41) is 15.9. The van der Waals surface area contributed by atoms with E-state index < -0.39 is 0 Å². The zero-order chi connectivity index (χ0) is 16.2. The van der Waals surface area contributed by atoms with Gasteiger partial charge in [-0.25, -0.2) is 5.43 Å². The lowest BCUT2D eigenvalue weighted by Gasteiger charge is -2.05. The predicted octanol–water partition coefficient (Wildman–Crippen LogP) is 3.96. The number of carbonyl (C=O) groups excluding carboxylic acids is 1. The minimum atomic E-state index is -0.320. The number of benzene rings is 3. The largest absolute Gasteiger partial charge is 0.507 e. The minimum absolute atomic E-state index is 0.0394. The summed E-state index contributed by atoms with van der Waals surface area (Å²) in [6, 6.07) is 17.7. The first-order valence-electron chi connectivity index (χ1n) is 6.95. The summed E-state index contributed by atoms with van der Waals surface area (Å²) in [5.74, 6) is -0.280. The molecule has 1 amide bonds. The van der Waals surface area contributed by atoms with Gasteiger partial charge in [0.1, 0.15) is 5.75 Å². The lowest BCUT2D eigenvalue weighted by molar-refractivity contribution is 0.0957. The van der Waals surface area contributed by atoms with Crippen LogP contribution in [0.1, 0.15) is 15.9 Å². The van der Waals surface area contributed by atoms with Crippen molar-refractivity contribution >= 4 is 34.5 Å². The molecule has 114 valence electrons. The number of fused-ring (bicyclic) bond motifs is 1. The Morgan fingerprint density at radius 1 is 1.09 bits per heavy atom. The molecule has 3 rings (SSSR count). The van der Waals surface area contributed by atoms with Gasteiger partial charge >= 0.3 is 0 Å². The van der Waals surface area contributed by atoms with Gasteiger partial charge in [-0.2, -0.15) is 5.10 Å². The molecule has 0 aliphatic heterocycles. The summed E-state index contributed by atoms with van der Waals surface area (Å²) in [7, 11) is 0. The van der Waals surface area contributed by atoms with Gasteiger partial charge in [-0.05, 0) is 35.0 Å². The van der Waals surface area contributed by atoms with Crippen LogP contribution in [-0.2, 0) is 0 Å². The summed E-state index contributed by atoms with van der Waals surface area (Å²) in [5.41, 5.74) is 3.43. The smallest absolute Gasteiger partial charge is 0.271 e. The summed E-state index contributed by atoms with van der Waals surface area (Å²) in [6.45, 7) is 0. The maximum Gasteiger partial charge on any atom is 0.271 e. The zero-order valence-corrected chi connectivity index (χ0v) is 12.8. The highest BCUT2D eigenvalue weighted by Crippen LogP contribution is 2.20. The predicted molar refractivity (Wildman–Crippen MR) is 92.1 cm³/mol. The van der Waals surface area contributed by atoms with Gasteiger partial charge in [0.25, 0.3) is 5.91 Å². The van der Waals surface area contributed by atoms with E-state index in [-0.39, 0.29) is 11.7 Å². The molecule has 0 aliphatic carbocycles. The van der Waals surface area contributed by atoms with Gasteiger partial charge in [0.15, 0.2) is 0 Å². The Morgan fingerprint density at radius 2 is 1.87 bits per heavy atom. The number of hydrogen-bond acceptors (Lipinski definition) is 3. The van der Waals surface area contributed by atoms with E-state index in [0.29, 0.717) is 16.1 Å². The third kappa shape index (κ3) is 3.33. The van der Waals surface area contributed by atoms with Crippen LogP contribution in [0.5, 0.6) is 5.75 Å². The molecule has 0 saturated carbocycles. The van der Waals surface area contributed by atoms with Crippen molar-refractivity contribution in [3.8, 4) is 5.75 Å². The standard InChI is InChI=1S/C18H13ClN2O2/c19-14-8-9-17(22)13(10-14)11-20-21-18(23)16-7-3-5-12-4-1-2-6-15(12)16/h1-11,22H,(H,21,23)/b20-11+. The Bertz CT molecular complexity index is 901. The lowest BCUT2D eigenvalue weighted by atomic mass is 10.0. The van der Waals surface area contributed by atoms with Crippen LogP contribution in [0.2, 0.25) is 5.02 Å². The molecule has 4 nitrogen and oxygen atoms in total. The number of amides is 1. The van der Waals surface area contributed by atoms with Gasteiger partial charge in [-0.1, -0.05) is 48.0 Å². The number of phenolic OH excluding ortho intramolecular Hbond substituents is 1. The van der Waals surface area contributed by atoms with Crippen molar-refractivity contribution in [2.24, 2.45) is 5.10 Å². The van der Waals surface area contributed by atoms with Crippen LogP contribution in [0.15, 0.2) is 65.8 Å². The molecule has 0 aromatic heterocycles. The second-order valence-electron chi connectivity index (χ2n) is 4.93. The lowest BCUT2D eigenvalue weighted by Crippen LogP contribution is -2.17. The van der Waals surface area contributed by atoms with Crippen molar-refractivity contribution in [1.29, 1.82) is 0 Å². The molecule has 3 aromatic carbocycles. The van der Waals surface area contributed by atoms with Crippen LogP contribution in [0, 0.1) is 0 Å². The van der Waals surface area contributed by atoms with Gasteiger partial charge in [-0.3, -0.25) is 4.79 Å². The van der Waals surface area contributed by atoms with Crippen molar-refractivity contribution in [3.63, 3.8) is 0 Å². The Morgan fingerprint density at radius 3 is 2.74 bits per heavy atom. The van der Waals surface area contributed by atoms with Crippen LogP contribution in [0.25, 0.3) is 10.8 Å². The number of hydrazone groups is 1.